The zero-order chi connectivity index (χ0) is 17.8. The van der Waals surface area contributed by atoms with Gasteiger partial charge in [-0.25, -0.2) is 0 Å². The molecule has 1 aliphatic rings. The number of methoxy groups -OCH3 is 2. The van der Waals surface area contributed by atoms with E-state index < -0.39 is 17.9 Å². The van der Waals surface area contributed by atoms with E-state index in [0.29, 0.717) is 12.8 Å². The lowest BCUT2D eigenvalue weighted by Crippen LogP contribution is -2.37. The number of rotatable bonds is 4. The Bertz CT molecular complexity index is 738. The van der Waals surface area contributed by atoms with Gasteiger partial charge in [0.2, 0.25) is 0 Å². The van der Waals surface area contributed by atoms with Crippen molar-refractivity contribution in [2.45, 2.75) is 18.8 Å². The number of esters is 2. The highest BCUT2D eigenvalue weighted by atomic mass is 16.5. The van der Waals surface area contributed by atoms with Crippen molar-refractivity contribution in [2.24, 2.45) is 11.8 Å². The molecule has 0 aromatic heterocycles. The van der Waals surface area contributed by atoms with Crippen molar-refractivity contribution in [3.05, 3.63) is 71.3 Å². The Hall–Kier alpha value is -2.62. The maximum atomic E-state index is 12.2. The first-order valence-electron chi connectivity index (χ1n) is 8.44. The quantitative estimate of drug-likeness (QED) is 0.634. The van der Waals surface area contributed by atoms with Gasteiger partial charge in [-0.2, -0.15) is 0 Å². The lowest BCUT2D eigenvalue weighted by atomic mass is 9.70. The molecule has 0 spiro atoms. The summed E-state index contributed by atoms with van der Waals surface area (Å²) in [6.07, 6.45) is 1.37. The van der Waals surface area contributed by atoms with Gasteiger partial charge in [-0.05, 0) is 35.4 Å². The largest absolute Gasteiger partial charge is 0.468 e. The minimum atomic E-state index is -0.894. The van der Waals surface area contributed by atoms with Gasteiger partial charge in [0.15, 0.2) is 5.92 Å². The summed E-state index contributed by atoms with van der Waals surface area (Å²) in [4.78, 5) is 24.5. The number of carbonyl (C=O) groups is 2. The highest BCUT2D eigenvalue weighted by Crippen LogP contribution is 2.42. The van der Waals surface area contributed by atoms with Crippen LogP contribution in [0.15, 0.2) is 54.6 Å². The first-order chi connectivity index (χ1) is 12.2. The highest BCUT2D eigenvalue weighted by Gasteiger charge is 2.41. The summed E-state index contributed by atoms with van der Waals surface area (Å²) in [6, 6.07) is 18.4. The summed E-state index contributed by atoms with van der Waals surface area (Å²) >= 11 is 0. The molecule has 0 heterocycles. The van der Waals surface area contributed by atoms with Gasteiger partial charge in [-0.3, -0.25) is 9.59 Å². The summed E-state index contributed by atoms with van der Waals surface area (Å²) < 4.78 is 9.76. The van der Waals surface area contributed by atoms with Crippen LogP contribution in [-0.4, -0.2) is 26.2 Å². The summed E-state index contributed by atoms with van der Waals surface area (Å²) in [5, 5.41) is 0. The minimum absolute atomic E-state index is 0.146. The Balaban J connectivity index is 2.01. The van der Waals surface area contributed by atoms with Gasteiger partial charge in [0.05, 0.1) is 14.2 Å². The van der Waals surface area contributed by atoms with Crippen LogP contribution in [0.4, 0.5) is 0 Å². The van der Waals surface area contributed by atoms with Crippen LogP contribution in [-0.2, 0) is 25.5 Å². The van der Waals surface area contributed by atoms with Gasteiger partial charge in [0.25, 0.3) is 0 Å². The number of fused-ring (bicyclic) bond motifs is 1. The van der Waals surface area contributed by atoms with Gasteiger partial charge in [0, 0.05) is 5.92 Å². The molecule has 2 unspecified atom stereocenters. The summed E-state index contributed by atoms with van der Waals surface area (Å²) in [7, 11) is 2.62. The van der Waals surface area contributed by atoms with E-state index >= 15 is 0 Å². The number of carbonyl (C=O) groups excluding carboxylic acids is 2. The van der Waals surface area contributed by atoms with Crippen LogP contribution in [0.5, 0.6) is 0 Å². The van der Waals surface area contributed by atoms with Crippen LogP contribution >= 0.6 is 0 Å². The number of hydrogen-bond donors (Lipinski definition) is 0. The fourth-order valence-corrected chi connectivity index (χ4v) is 3.85. The Morgan fingerprint density at radius 2 is 1.52 bits per heavy atom. The van der Waals surface area contributed by atoms with Crippen LogP contribution < -0.4 is 0 Å². The molecular formula is C21H22O4. The third-order valence-electron chi connectivity index (χ3n) is 5.03. The molecule has 130 valence electrons. The molecule has 0 radical (unpaired) electrons. The molecule has 4 heteroatoms. The van der Waals surface area contributed by atoms with Crippen molar-refractivity contribution < 1.29 is 19.1 Å². The van der Waals surface area contributed by atoms with E-state index in [2.05, 4.69) is 24.3 Å². The second-order valence-corrected chi connectivity index (χ2v) is 6.39. The number of hydrogen-bond acceptors (Lipinski definition) is 4. The predicted octanol–water partition coefficient (Wildman–Crippen LogP) is 3.34. The highest BCUT2D eigenvalue weighted by molar-refractivity contribution is 5.95. The normalized spacial score (nSPS) is 19.2. The average molecular weight is 338 g/mol. The fraction of sp³-hybridized carbons (Fsp3) is 0.333. The Labute approximate surface area is 147 Å². The second kappa shape index (κ2) is 7.51. The Kier molecular flexibility index (Phi) is 5.17. The van der Waals surface area contributed by atoms with Crippen LogP contribution in [0.2, 0.25) is 0 Å². The number of benzene rings is 2. The van der Waals surface area contributed by atoms with Crippen LogP contribution in [0.1, 0.15) is 29.0 Å². The van der Waals surface area contributed by atoms with E-state index in [0.717, 1.165) is 0 Å². The van der Waals surface area contributed by atoms with E-state index in [1.165, 1.54) is 30.9 Å². The summed E-state index contributed by atoms with van der Waals surface area (Å²) in [5.41, 5.74) is 3.62. The van der Waals surface area contributed by atoms with Gasteiger partial charge in [-0.15, -0.1) is 0 Å². The fourth-order valence-electron chi connectivity index (χ4n) is 3.85. The molecule has 0 amide bonds. The van der Waals surface area contributed by atoms with Crippen LogP contribution in [0, 0.1) is 11.8 Å². The zero-order valence-corrected chi connectivity index (χ0v) is 14.5. The Morgan fingerprint density at radius 1 is 0.920 bits per heavy atom. The molecule has 0 saturated carbocycles. The van der Waals surface area contributed by atoms with Crippen molar-refractivity contribution in [1.82, 2.24) is 0 Å². The van der Waals surface area contributed by atoms with E-state index in [9.17, 15) is 9.59 Å². The van der Waals surface area contributed by atoms with E-state index in [1.54, 1.807) is 0 Å². The van der Waals surface area contributed by atoms with Crippen LogP contribution in [0.3, 0.4) is 0 Å². The molecule has 0 saturated heterocycles. The van der Waals surface area contributed by atoms with Crippen molar-refractivity contribution >= 4 is 11.9 Å². The van der Waals surface area contributed by atoms with E-state index in [-0.39, 0.29) is 11.8 Å². The first kappa shape index (κ1) is 17.2. The molecule has 25 heavy (non-hydrogen) atoms. The molecule has 2 aromatic carbocycles. The Morgan fingerprint density at radius 3 is 2.16 bits per heavy atom. The molecule has 0 bridgehead atoms. The SMILES string of the molecule is COC(=O)C(C(=O)OC)C1Cc2ccccc2C(c2ccccc2)C1. The van der Waals surface area contributed by atoms with E-state index in [4.69, 9.17) is 9.47 Å². The van der Waals surface area contributed by atoms with Crippen molar-refractivity contribution in [2.75, 3.05) is 14.2 Å². The molecule has 2 aromatic rings. The standard InChI is InChI=1S/C21H22O4/c1-24-20(22)19(21(23)25-2)16-12-15-10-6-7-11-17(15)18(13-16)14-8-4-3-5-9-14/h3-11,16,18-19H,12-13H2,1-2H3. The zero-order valence-electron chi connectivity index (χ0n) is 14.5. The predicted molar refractivity (Wildman–Crippen MR) is 94.1 cm³/mol. The lowest BCUT2D eigenvalue weighted by molar-refractivity contribution is -0.161. The first-order valence-corrected chi connectivity index (χ1v) is 8.44. The van der Waals surface area contributed by atoms with Crippen molar-refractivity contribution in [1.29, 1.82) is 0 Å². The summed E-state index contributed by atoms with van der Waals surface area (Å²) in [6.45, 7) is 0. The van der Waals surface area contributed by atoms with Gasteiger partial charge in [-0.1, -0.05) is 54.6 Å². The molecule has 3 rings (SSSR count). The topological polar surface area (TPSA) is 52.6 Å². The minimum Gasteiger partial charge on any atom is -0.468 e. The maximum Gasteiger partial charge on any atom is 0.320 e. The third-order valence-corrected chi connectivity index (χ3v) is 5.03. The molecular weight excluding hydrogens is 316 g/mol. The summed E-state index contributed by atoms with van der Waals surface area (Å²) in [5.74, 6) is -1.95. The van der Waals surface area contributed by atoms with Crippen molar-refractivity contribution in [3.63, 3.8) is 0 Å². The van der Waals surface area contributed by atoms with Gasteiger partial charge in [0.1, 0.15) is 0 Å². The van der Waals surface area contributed by atoms with Gasteiger partial charge >= 0.3 is 11.9 Å². The van der Waals surface area contributed by atoms with Crippen molar-refractivity contribution in [3.8, 4) is 0 Å². The molecule has 0 N–H and O–H groups in total. The average Bonchev–Trinajstić information content (AvgIpc) is 2.67. The van der Waals surface area contributed by atoms with Gasteiger partial charge < -0.3 is 9.47 Å². The molecule has 1 aliphatic carbocycles. The van der Waals surface area contributed by atoms with E-state index in [1.807, 2.05) is 30.3 Å². The van der Waals surface area contributed by atoms with Crippen LogP contribution in [0.25, 0.3) is 0 Å². The monoisotopic (exact) mass is 338 g/mol. The third kappa shape index (κ3) is 3.43. The molecule has 2 atom stereocenters. The second-order valence-electron chi connectivity index (χ2n) is 6.39. The number of ether oxygens (including phenoxy) is 2. The molecule has 0 aliphatic heterocycles. The smallest absolute Gasteiger partial charge is 0.320 e. The maximum absolute atomic E-state index is 12.2. The lowest BCUT2D eigenvalue weighted by Gasteiger charge is -2.34. The molecule has 4 nitrogen and oxygen atoms in total. The molecule has 0 fully saturated rings.